The van der Waals surface area contributed by atoms with E-state index in [1.165, 1.54) is 11.8 Å². The Morgan fingerprint density at radius 3 is 2.53 bits per heavy atom. The zero-order valence-corrected chi connectivity index (χ0v) is 11.3. The maximum atomic E-state index is 12.7. The van der Waals surface area contributed by atoms with E-state index in [4.69, 9.17) is 2.74 Å². The summed E-state index contributed by atoms with van der Waals surface area (Å²) in [7, 11) is 0. The Balaban J connectivity index is 1.94. The van der Waals surface area contributed by atoms with Crippen LogP contribution in [0.3, 0.4) is 0 Å². The fraction of sp³-hybridized carbons (Fsp3) is 1.00. The molecular weight excluding hydrogens is 255 g/mol. The van der Waals surface area contributed by atoms with Crippen LogP contribution in [0.2, 0.25) is 0 Å². The smallest absolute Gasteiger partial charge is 0.315 e. The van der Waals surface area contributed by atoms with Crippen LogP contribution in [0, 0.1) is 0 Å². The summed E-state index contributed by atoms with van der Waals surface area (Å²) in [5, 5.41) is 3.18. The fourth-order valence-electron chi connectivity index (χ4n) is 2.79. The molecule has 1 N–H and O–H groups in total. The molecule has 0 spiro atoms. The van der Waals surface area contributed by atoms with Gasteiger partial charge in [-0.15, -0.1) is 0 Å². The molecule has 0 aromatic rings. The number of nitrogens with zero attached hydrogens (tertiary/aromatic N) is 2. The van der Waals surface area contributed by atoms with Gasteiger partial charge in [0.25, 0.3) is 0 Å². The Morgan fingerprint density at radius 1 is 1.21 bits per heavy atom. The summed E-state index contributed by atoms with van der Waals surface area (Å²) >= 11 is 0. The van der Waals surface area contributed by atoms with Crippen molar-refractivity contribution >= 4 is 0 Å². The molecule has 0 radical (unpaired) electrons. The first kappa shape index (κ1) is 12.4. The van der Waals surface area contributed by atoms with Gasteiger partial charge in [-0.3, -0.25) is 9.80 Å². The van der Waals surface area contributed by atoms with E-state index in [9.17, 15) is 13.2 Å². The molecule has 2 aliphatic rings. The third-order valence-electron chi connectivity index (χ3n) is 4.11. The van der Waals surface area contributed by atoms with Crippen molar-refractivity contribution in [2.75, 3.05) is 39.2 Å². The quantitative estimate of drug-likeness (QED) is 0.831. The van der Waals surface area contributed by atoms with Gasteiger partial charge in [0.1, 0.15) is 6.04 Å². The number of hydrogen-bond acceptors (Lipinski definition) is 3. The average molecular weight is 281 g/mol. The van der Waals surface area contributed by atoms with Gasteiger partial charge < -0.3 is 5.32 Å². The van der Waals surface area contributed by atoms with Crippen LogP contribution >= 0.6 is 0 Å². The lowest BCUT2D eigenvalue weighted by Gasteiger charge is -2.40. The van der Waals surface area contributed by atoms with E-state index in [1.807, 2.05) is 4.90 Å². The number of alkyl halides is 3. The molecule has 3 nitrogen and oxygen atoms in total. The molecular formula is C13H24F3N3. The van der Waals surface area contributed by atoms with E-state index in [-0.39, 0.29) is 6.04 Å². The van der Waals surface area contributed by atoms with Gasteiger partial charge in [-0.2, -0.15) is 13.2 Å². The number of rotatable bonds is 2. The maximum Gasteiger partial charge on any atom is 0.403 e. The summed E-state index contributed by atoms with van der Waals surface area (Å²) in [5.41, 5.74) is 0. The Kier molecular flexibility index (Phi) is 4.19. The van der Waals surface area contributed by atoms with Gasteiger partial charge in [0.2, 0.25) is 0 Å². The number of nitrogens with one attached hydrogen (secondary N) is 1. The molecule has 0 aromatic carbocycles. The molecule has 0 unspecified atom stereocenters. The Bertz CT molecular complexity index is 344. The lowest BCUT2D eigenvalue weighted by molar-refractivity contribution is -0.182. The van der Waals surface area contributed by atoms with Crippen LogP contribution in [-0.4, -0.2) is 67.3 Å². The Hall–Kier alpha value is -0.330. The van der Waals surface area contributed by atoms with Crippen molar-refractivity contribution < 1.29 is 15.9 Å². The third-order valence-corrected chi connectivity index (χ3v) is 4.11. The van der Waals surface area contributed by atoms with E-state index in [1.54, 1.807) is 0 Å². The molecule has 2 rings (SSSR count). The van der Waals surface area contributed by atoms with E-state index in [0.29, 0.717) is 45.4 Å². The summed E-state index contributed by atoms with van der Waals surface area (Å²) in [5.74, 6) is 0. The van der Waals surface area contributed by atoms with Gasteiger partial charge in [0, 0.05) is 35.0 Å². The van der Waals surface area contributed by atoms with Crippen LogP contribution in [-0.2, 0) is 0 Å². The molecule has 2 fully saturated rings. The SMILES string of the molecule is [2H]C1([2H])CCNCCN1C1CCN([C@@H](C)C(F)(F)F)CC1. The second kappa shape index (κ2) is 6.41. The predicted molar refractivity (Wildman–Crippen MR) is 69.2 cm³/mol. The van der Waals surface area contributed by atoms with Crippen LogP contribution in [0.25, 0.3) is 0 Å². The van der Waals surface area contributed by atoms with Crippen molar-refractivity contribution in [1.82, 2.24) is 15.1 Å². The largest absolute Gasteiger partial charge is 0.403 e. The summed E-state index contributed by atoms with van der Waals surface area (Å²) < 4.78 is 54.5. The summed E-state index contributed by atoms with van der Waals surface area (Å²) in [6, 6.07) is -1.38. The average Bonchev–Trinajstić information content (AvgIpc) is 2.58. The van der Waals surface area contributed by atoms with Crippen molar-refractivity contribution in [1.29, 1.82) is 0 Å². The summed E-state index contributed by atoms with van der Waals surface area (Å²) in [6.45, 7) is 2.59. The molecule has 2 aliphatic heterocycles. The summed E-state index contributed by atoms with van der Waals surface area (Å²) in [4.78, 5) is 3.31. The molecule has 1 atom stereocenters. The van der Waals surface area contributed by atoms with Gasteiger partial charge in [-0.25, -0.2) is 0 Å². The standard InChI is InChI=1S/C13H24F3N3/c1-11(13(14,15)16)18-8-3-12(4-9-18)19-7-2-5-17-6-10-19/h11-12,17H,2-10H2,1H3/t11-/m0/s1/i7D2. The first-order valence-corrected chi connectivity index (χ1v) is 7.00. The van der Waals surface area contributed by atoms with Crippen molar-refractivity contribution in [3.05, 3.63) is 0 Å². The van der Waals surface area contributed by atoms with Gasteiger partial charge in [0.15, 0.2) is 0 Å². The van der Waals surface area contributed by atoms with Crippen molar-refractivity contribution in [2.45, 2.75) is 44.4 Å². The maximum absolute atomic E-state index is 12.7. The third kappa shape index (κ3) is 4.07. The van der Waals surface area contributed by atoms with Gasteiger partial charge in [0.05, 0.1) is 0 Å². The van der Waals surface area contributed by atoms with E-state index >= 15 is 0 Å². The Labute approximate surface area is 115 Å². The summed E-state index contributed by atoms with van der Waals surface area (Å²) in [6.07, 6.45) is -2.57. The van der Waals surface area contributed by atoms with Crippen LogP contribution in [0.15, 0.2) is 0 Å². The second-order valence-corrected chi connectivity index (χ2v) is 5.34. The molecule has 0 aromatic heterocycles. The lowest BCUT2D eigenvalue weighted by Crippen LogP contribution is -2.51. The highest BCUT2D eigenvalue weighted by atomic mass is 19.4. The van der Waals surface area contributed by atoms with Gasteiger partial charge in [-0.1, -0.05) is 0 Å². The number of hydrogen-bond donors (Lipinski definition) is 1. The molecule has 0 aliphatic carbocycles. The highest BCUT2D eigenvalue weighted by molar-refractivity contribution is 4.85. The van der Waals surface area contributed by atoms with Crippen molar-refractivity contribution in [3.63, 3.8) is 0 Å². The fourth-order valence-corrected chi connectivity index (χ4v) is 2.79. The van der Waals surface area contributed by atoms with Crippen molar-refractivity contribution in [3.8, 4) is 0 Å². The molecule has 2 saturated heterocycles. The van der Waals surface area contributed by atoms with E-state index < -0.39 is 18.7 Å². The molecule has 2 heterocycles. The van der Waals surface area contributed by atoms with Crippen LogP contribution in [0.4, 0.5) is 13.2 Å². The van der Waals surface area contributed by atoms with Gasteiger partial charge in [-0.05, 0) is 39.2 Å². The van der Waals surface area contributed by atoms with Crippen LogP contribution in [0.5, 0.6) is 0 Å². The minimum atomic E-state index is -4.19. The minimum Gasteiger partial charge on any atom is -0.315 e. The normalized spacial score (nSPS) is 31.4. The van der Waals surface area contributed by atoms with E-state index in [2.05, 4.69) is 5.32 Å². The Morgan fingerprint density at radius 2 is 1.89 bits per heavy atom. The number of piperidine rings is 1. The first-order chi connectivity index (χ1) is 9.72. The minimum absolute atomic E-state index is 0.0385. The molecule has 0 saturated carbocycles. The topological polar surface area (TPSA) is 18.5 Å². The van der Waals surface area contributed by atoms with Crippen LogP contribution < -0.4 is 5.32 Å². The zero-order valence-electron chi connectivity index (χ0n) is 13.3. The molecule has 19 heavy (non-hydrogen) atoms. The first-order valence-electron chi connectivity index (χ1n) is 8.00. The number of halogens is 3. The molecule has 112 valence electrons. The molecule has 0 amide bonds. The molecule has 0 bridgehead atoms. The highest BCUT2D eigenvalue weighted by Gasteiger charge is 2.41. The lowest BCUT2D eigenvalue weighted by atomic mass is 10.0. The monoisotopic (exact) mass is 281 g/mol. The van der Waals surface area contributed by atoms with Gasteiger partial charge >= 0.3 is 6.18 Å². The molecule has 6 heteroatoms. The highest BCUT2D eigenvalue weighted by Crippen LogP contribution is 2.27. The number of likely N-dealkylation sites (tertiary alicyclic amines) is 1. The zero-order chi connectivity index (χ0) is 15.7. The predicted octanol–water partition coefficient (Wildman–Crippen LogP) is 1.70. The van der Waals surface area contributed by atoms with E-state index in [0.717, 1.165) is 6.54 Å². The van der Waals surface area contributed by atoms with Crippen molar-refractivity contribution in [2.24, 2.45) is 0 Å². The second-order valence-electron chi connectivity index (χ2n) is 5.34. The van der Waals surface area contributed by atoms with Crippen LogP contribution in [0.1, 0.15) is 28.9 Å².